The molecule has 0 amide bonds. The van der Waals surface area contributed by atoms with Crippen LogP contribution in [0.15, 0.2) is 30.3 Å². The van der Waals surface area contributed by atoms with Crippen molar-refractivity contribution >= 4 is 11.8 Å². The van der Waals surface area contributed by atoms with Crippen LogP contribution in [0.4, 0.5) is 0 Å². The van der Waals surface area contributed by atoms with Crippen LogP contribution in [-0.2, 0) is 0 Å². The second-order valence-corrected chi connectivity index (χ2v) is 4.54. The van der Waals surface area contributed by atoms with Gasteiger partial charge in [-0.05, 0) is 5.56 Å². The number of rotatable bonds is 1. The van der Waals surface area contributed by atoms with Crippen LogP contribution in [0.1, 0.15) is 11.5 Å². The summed E-state index contributed by atoms with van der Waals surface area (Å²) >= 11 is 2.06. The van der Waals surface area contributed by atoms with Crippen LogP contribution in [0.5, 0.6) is 0 Å². The highest BCUT2D eigenvalue weighted by molar-refractivity contribution is 7.99. The molecule has 0 bridgehead atoms. The minimum Gasteiger partial charge on any atom is -0.315 e. The van der Waals surface area contributed by atoms with Crippen molar-refractivity contribution < 1.29 is 0 Å². The average molecular weight is 193 g/mol. The zero-order chi connectivity index (χ0) is 8.93. The van der Waals surface area contributed by atoms with E-state index >= 15 is 0 Å². The molecular weight excluding hydrogens is 178 g/mol. The molecule has 0 saturated carbocycles. The van der Waals surface area contributed by atoms with Crippen molar-refractivity contribution in [2.24, 2.45) is 0 Å². The molecule has 1 saturated heterocycles. The Kier molecular flexibility index (Phi) is 3.27. The fourth-order valence-corrected chi connectivity index (χ4v) is 2.69. The van der Waals surface area contributed by atoms with Gasteiger partial charge in [-0.3, -0.25) is 0 Å². The Morgan fingerprint density at radius 1 is 1.23 bits per heavy atom. The van der Waals surface area contributed by atoms with E-state index in [4.69, 9.17) is 0 Å². The summed E-state index contributed by atoms with van der Waals surface area (Å²) < 4.78 is 0. The van der Waals surface area contributed by atoms with Crippen molar-refractivity contribution in [1.29, 1.82) is 0 Å². The average Bonchev–Trinajstić information content (AvgIpc) is 2.47. The van der Waals surface area contributed by atoms with Gasteiger partial charge in [0.2, 0.25) is 0 Å². The number of benzene rings is 1. The number of nitrogens with one attached hydrogen (secondary N) is 1. The lowest BCUT2D eigenvalue weighted by Gasteiger charge is -2.13. The molecule has 70 valence electrons. The molecule has 1 N–H and O–H groups in total. The van der Waals surface area contributed by atoms with E-state index in [2.05, 4.69) is 47.4 Å². The van der Waals surface area contributed by atoms with E-state index in [1.165, 1.54) is 17.1 Å². The number of hydrogen-bond acceptors (Lipinski definition) is 2. The lowest BCUT2D eigenvalue weighted by atomic mass is 10.0. The zero-order valence-corrected chi connectivity index (χ0v) is 8.52. The monoisotopic (exact) mass is 193 g/mol. The predicted octanol–water partition coefficient (Wildman–Crippen LogP) is 2.11. The van der Waals surface area contributed by atoms with Crippen molar-refractivity contribution in [3.8, 4) is 0 Å². The van der Waals surface area contributed by atoms with Crippen LogP contribution in [0.3, 0.4) is 0 Å². The maximum absolute atomic E-state index is 3.47. The first-order valence-electron chi connectivity index (χ1n) is 4.80. The topological polar surface area (TPSA) is 12.0 Å². The third-order valence-electron chi connectivity index (χ3n) is 2.40. The largest absolute Gasteiger partial charge is 0.315 e. The second kappa shape index (κ2) is 4.68. The Bertz CT molecular complexity index is 240. The molecule has 1 aliphatic heterocycles. The van der Waals surface area contributed by atoms with Gasteiger partial charge in [0.05, 0.1) is 0 Å². The SMILES string of the molecule is c1ccc(C2CNCCSC2)cc1. The Hall–Kier alpha value is -0.470. The maximum Gasteiger partial charge on any atom is 0.00583 e. The summed E-state index contributed by atoms with van der Waals surface area (Å²) in [5, 5.41) is 3.47. The van der Waals surface area contributed by atoms with Crippen molar-refractivity contribution in [3.63, 3.8) is 0 Å². The number of thioether (sulfide) groups is 1. The van der Waals surface area contributed by atoms with Crippen LogP contribution in [0, 0.1) is 0 Å². The molecule has 0 spiro atoms. The van der Waals surface area contributed by atoms with Gasteiger partial charge >= 0.3 is 0 Å². The summed E-state index contributed by atoms with van der Waals surface area (Å²) in [4.78, 5) is 0. The van der Waals surface area contributed by atoms with Gasteiger partial charge in [-0.15, -0.1) is 0 Å². The molecule has 0 aromatic heterocycles. The zero-order valence-electron chi connectivity index (χ0n) is 7.70. The maximum atomic E-state index is 3.47. The Morgan fingerprint density at radius 3 is 2.92 bits per heavy atom. The lowest BCUT2D eigenvalue weighted by molar-refractivity contribution is 0.656. The van der Waals surface area contributed by atoms with Crippen LogP contribution in [-0.4, -0.2) is 24.6 Å². The molecular formula is C11H15NS. The van der Waals surface area contributed by atoms with E-state index in [0.29, 0.717) is 5.92 Å². The van der Waals surface area contributed by atoms with Gasteiger partial charge in [0.25, 0.3) is 0 Å². The van der Waals surface area contributed by atoms with E-state index in [9.17, 15) is 0 Å². The van der Waals surface area contributed by atoms with E-state index < -0.39 is 0 Å². The third kappa shape index (κ3) is 2.48. The molecule has 1 unspecified atom stereocenters. The van der Waals surface area contributed by atoms with Crippen LogP contribution < -0.4 is 5.32 Å². The molecule has 2 rings (SSSR count). The second-order valence-electron chi connectivity index (χ2n) is 3.39. The highest BCUT2D eigenvalue weighted by atomic mass is 32.2. The molecule has 2 heteroatoms. The fraction of sp³-hybridized carbons (Fsp3) is 0.455. The van der Waals surface area contributed by atoms with Gasteiger partial charge in [0, 0.05) is 30.5 Å². The quantitative estimate of drug-likeness (QED) is 0.733. The standard InChI is InChI=1S/C11H15NS/c1-2-4-10(5-3-1)11-8-12-6-7-13-9-11/h1-5,11-12H,6-9H2. The molecule has 1 heterocycles. The number of hydrogen-bond donors (Lipinski definition) is 1. The predicted molar refractivity (Wildman–Crippen MR) is 59.4 cm³/mol. The Labute approximate surface area is 83.9 Å². The minimum atomic E-state index is 0.702. The molecule has 0 radical (unpaired) electrons. The van der Waals surface area contributed by atoms with Crippen molar-refractivity contribution in [2.75, 3.05) is 24.6 Å². The van der Waals surface area contributed by atoms with Crippen molar-refractivity contribution in [2.45, 2.75) is 5.92 Å². The third-order valence-corrected chi connectivity index (χ3v) is 3.53. The highest BCUT2D eigenvalue weighted by Crippen LogP contribution is 2.21. The molecule has 13 heavy (non-hydrogen) atoms. The van der Waals surface area contributed by atoms with E-state index in [1.807, 2.05) is 0 Å². The molecule has 1 fully saturated rings. The van der Waals surface area contributed by atoms with Gasteiger partial charge in [-0.1, -0.05) is 30.3 Å². The summed E-state index contributed by atoms with van der Waals surface area (Å²) in [7, 11) is 0. The summed E-state index contributed by atoms with van der Waals surface area (Å²) in [6, 6.07) is 10.8. The van der Waals surface area contributed by atoms with Crippen LogP contribution in [0.25, 0.3) is 0 Å². The van der Waals surface area contributed by atoms with Crippen molar-refractivity contribution in [3.05, 3.63) is 35.9 Å². The van der Waals surface area contributed by atoms with E-state index in [1.54, 1.807) is 0 Å². The Balaban J connectivity index is 2.06. The van der Waals surface area contributed by atoms with E-state index in [-0.39, 0.29) is 0 Å². The van der Waals surface area contributed by atoms with Gasteiger partial charge in [0.1, 0.15) is 0 Å². The Morgan fingerprint density at radius 2 is 2.08 bits per heavy atom. The summed E-state index contributed by atoms with van der Waals surface area (Å²) in [6.07, 6.45) is 0. The van der Waals surface area contributed by atoms with Crippen LogP contribution >= 0.6 is 11.8 Å². The normalized spacial score (nSPS) is 23.8. The van der Waals surface area contributed by atoms with Crippen molar-refractivity contribution in [1.82, 2.24) is 5.32 Å². The van der Waals surface area contributed by atoms with E-state index in [0.717, 1.165) is 13.1 Å². The molecule has 1 nitrogen and oxygen atoms in total. The first-order valence-corrected chi connectivity index (χ1v) is 5.96. The summed E-state index contributed by atoms with van der Waals surface area (Å²) in [5.74, 6) is 3.22. The van der Waals surface area contributed by atoms with Crippen LogP contribution in [0.2, 0.25) is 0 Å². The minimum absolute atomic E-state index is 0.702. The van der Waals surface area contributed by atoms with Gasteiger partial charge in [-0.25, -0.2) is 0 Å². The first-order chi connectivity index (χ1) is 6.47. The summed E-state index contributed by atoms with van der Waals surface area (Å²) in [5.41, 5.74) is 1.48. The van der Waals surface area contributed by atoms with Gasteiger partial charge < -0.3 is 5.32 Å². The molecule has 1 aromatic rings. The molecule has 0 aliphatic carbocycles. The fourth-order valence-electron chi connectivity index (χ4n) is 1.64. The van der Waals surface area contributed by atoms with Gasteiger partial charge in [0.15, 0.2) is 0 Å². The molecule has 1 atom stereocenters. The molecule has 1 aliphatic rings. The van der Waals surface area contributed by atoms with Gasteiger partial charge in [-0.2, -0.15) is 11.8 Å². The summed E-state index contributed by atoms with van der Waals surface area (Å²) in [6.45, 7) is 2.30. The smallest absolute Gasteiger partial charge is 0.00583 e. The molecule has 1 aromatic carbocycles. The first kappa shape index (κ1) is 9.10. The lowest BCUT2D eigenvalue weighted by Crippen LogP contribution is -2.21. The highest BCUT2D eigenvalue weighted by Gasteiger charge is 2.13.